The van der Waals surface area contributed by atoms with Crippen LogP contribution < -0.4 is 0 Å². The predicted octanol–water partition coefficient (Wildman–Crippen LogP) is 6.29. The van der Waals surface area contributed by atoms with E-state index in [2.05, 4.69) is 49.0 Å². The number of rotatable bonds is 9. The average Bonchev–Trinajstić information content (AvgIpc) is 2.29. The summed E-state index contributed by atoms with van der Waals surface area (Å²) in [6.07, 6.45) is 13.4. The molecule has 4 heteroatoms. The quantitative estimate of drug-likeness (QED) is 0.305. The first-order valence-corrected chi connectivity index (χ1v) is 14.0. The Labute approximate surface area is 124 Å². The molecule has 0 nitrogen and oxygen atoms in total. The molecule has 0 saturated heterocycles. The Morgan fingerprint density at radius 3 is 1.19 bits per heavy atom. The molecule has 0 radical (unpaired) electrons. The normalized spacial score (nSPS) is 10.4. The van der Waals surface area contributed by atoms with Crippen LogP contribution in [0.4, 0.5) is 0 Å². The Balaban J connectivity index is 0. The first kappa shape index (κ1) is 20.2. The van der Waals surface area contributed by atoms with E-state index in [9.17, 15) is 0 Å². The molecule has 0 aromatic carbocycles. The Kier molecular flexibility index (Phi) is 24.3. The van der Waals surface area contributed by atoms with Crippen LogP contribution in [0.5, 0.6) is 0 Å². The minimum absolute atomic E-state index is 0.0675. The van der Waals surface area contributed by atoms with Gasteiger partial charge in [0.15, 0.2) is 0 Å². The average molecular weight is 419 g/mol. The summed E-state index contributed by atoms with van der Waals surface area (Å²) in [6.45, 7) is 6.96. The Bertz CT molecular complexity index is 96.2. The first-order chi connectivity index (χ1) is 7.76. The van der Waals surface area contributed by atoms with Crippen molar-refractivity contribution in [3.8, 4) is 0 Å². The molecule has 0 aromatic heterocycles. The Hall–Kier alpha value is 1.91. The standard InChI is InChI=1S/C12H27P.2BrH.Fe/c1-4-7-10-13(11-8-5-2)12-9-6-3;;;/h4-12H2,1-3H3;2*1H;/q;;;+2/p-1. The van der Waals surface area contributed by atoms with E-state index in [1.54, 1.807) is 18.5 Å². The van der Waals surface area contributed by atoms with E-state index in [0.717, 1.165) is 11.3 Å². The van der Waals surface area contributed by atoms with Gasteiger partial charge in [0.2, 0.25) is 0 Å². The second-order valence-electron chi connectivity index (χ2n) is 4.11. The van der Waals surface area contributed by atoms with E-state index in [1.807, 2.05) is 0 Å². The molecule has 0 amide bonds. The third-order valence-electron chi connectivity index (χ3n) is 2.65. The van der Waals surface area contributed by atoms with Gasteiger partial charge in [0.25, 0.3) is 0 Å². The SMILES string of the molecule is CCCC[PH+](CCCC)CCCC.[Br][Fe][Br]. The molecule has 0 heterocycles. The van der Waals surface area contributed by atoms with Gasteiger partial charge >= 0.3 is 39.6 Å². The van der Waals surface area contributed by atoms with Crippen molar-refractivity contribution in [2.75, 3.05) is 18.5 Å². The summed E-state index contributed by atoms with van der Waals surface area (Å²) in [6, 6.07) is 0. The van der Waals surface area contributed by atoms with Gasteiger partial charge < -0.3 is 0 Å². The van der Waals surface area contributed by atoms with Gasteiger partial charge in [0.1, 0.15) is 0 Å². The summed E-state index contributed by atoms with van der Waals surface area (Å²) in [5.74, 6) is 0. The van der Waals surface area contributed by atoms with Gasteiger partial charge in [0.05, 0.1) is 18.5 Å². The van der Waals surface area contributed by atoms with Crippen LogP contribution in [-0.2, 0) is 11.3 Å². The molecule has 0 aromatic rings. The minimum atomic E-state index is 0.0675. The second-order valence-corrected chi connectivity index (χ2v) is 12.7. The summed E-state index contributed by atoms with van der Waals surface area (Å²) < 4.78 is 0. The van der Waals surface area contributed by atoms with Gasteiger partial charge in [-0.3, -0.25) is 0 Å². The second kappa shape index (κ2) is 19.3. The molecule has 0 aliphatic rings. The van der Waals surface area contributed by atoms with Gasteiger partial charge in [-0.05, 0) is 19.3 Å². The Morgan fingerprint density at radius 1 is 0.750 bits per heavy atom. The van der Waals surface area contributed by atoms with E-state index >= 15 is 0 Å². The fourth-order valence-electron chi connectivity index (χ4n) is 1.66. The van der Waals surface area contributed by atoms with Crippen LogP contribution in [0.15, 0.2) is 0 Å². The molecule has 0 atom stereocenters. The summed E-state index contributed by atoms with van der Waals surface area (Å²) in [4.78, 5) is 0. The molecule has 0 spiro atoms. The first-order valence-electron chi connectivity index (χ1n) is 6.45. The van der Waals surface area contributed by atoms with Gasteiger partial charge in [-0.1, -0.05) is 40.0 Å². The van der Waals surface area contributed by atoms with Crippen LogP contribution in [0, 0.1) is 0 Å². The molecule has 0 bridgehead atoms. The van der Waals surface area contributed by atoms with Crippen molar-refractivity contribution in [1.29, 1.82) is 0 Å². The third kappa shape index (κ3) is 18.3. The van der Waals surface area contributed by atoms with Crippen LogP contribution >= 0.6 is 36.1 Å². The summed E-state index contributed by atoms with van der Waals surface area (Å²) >= 11 is 7.00. The molecule has 0 rings (SSSR count). The van der Waals surface area contributed by atoms with Gasteiger partial charge in [0, 0.05) is 7.92 Å². The third-order valence-corrected chi connectivity index (χ3v) is 5.83. The molecule has 16 heavy (non-hydrogen) atoms. The molecule has 0 aliphatic heterocycles. The predicted molar refractivity (Wildman–Crippen MR) is 85.5 cm³/mol. The van der Waals surface area contributed by atoms with E-state index in [1.165, 1.54) is 38.5 Å². The van der Waals surface area contributed by atoms with Crippen molar-refractivity contribution in [2.45, 2.75) is 59.3 Å². The van der Waals surface area contributed by atoms with Crippen LogP contribution in [0.25, 0.3) is 0 Å². The van der Waals surface area contributed by atoms with E-state index in [4.69, 9.17) is 0 Å². The zero-order chi connectivity index (χ0) is 12.6. The van der Waals surface area contributed by atoms with Crippen molar-refractivity contribution < 1.29 is 11.3 Å². The van der Waals surface area contributed by atoms with Crippen molar-refractivity contribution in [2.24, 2.45) is 0 Å². The molecule has 0 saturated carbocycles. The number of hydrogen-bond acceptors (Lipinski definition) is 0. The molecular weight excluding hydrogens is 391 g/mol. The fraction of sp³-hybridized carbons (Fsp3) is 1.00. The van der Waals surface area contributed by atoms with Crippen LogP contribution in [-0.4, -0.2) is 18.5 Å². The zero-order valence-electron chi connectivity index (χ0n) is 11.0. The number of unbranched alkanes of at least 4 members (excludes halogenated alkanes) is 3. The van der Waals surface area contributed by atoms with Crippen LogP contribution in [0.1, 0.15) is 59.3 Å². The summed E-state index contributed by atoms with van der Waals surface area (Å²) in [5, 5.41) is 0. The van der Waals surface area contributed by atoms with Crippen molar-refractivity contribution in [3.63, 3.8) is 0 Å². The van der Waals surface area contributed by atoms with Gasteiger partial charge in [-0.15, -0.1) is 0 Å². The molecule has 102 valence electrons. The molecule has 0 N–H and O–H groups in total. The van der Waals surface area contributed by atoms with Crippen LogP contribution in [0.2, 0.25) is 0 Å². The Morgan fingerprint density at radius 2 is 1.00 bits per heavy atom. The van der Waals surface area contributed by atoms with Gasteiger partial charge in [-0.2, -0.15) is 0 Å². The molecule has 0 fully saturated rings. The maximum atomic E-state index is 3.06. The number of halogens is 2. The van der Waals surface area contributed by atoms with Crippen molar-refractivity contribution in [1.82, 2.24) is 0 Å². The molecule has 0 unspecified atom stereocenters. The topological polar surface area (TPSA) is 0 Å². The molecule has 0 aliphatic carbocycles. The summed E-state index contributed by atoms with van der Waals surface area (Å²) in [7, 11) is 0.0675. The monoisotopic (exact) mass is 417 g/mol. The fourth-order valence-corrected chi connectivity index (χ4v) is 4.97. The molecular formula is C12H28Br2FeP+. The van der Waals surface area contributed by atoms with E-state index in [0.29, 0.717) is 0 Å². The van der Waals surface area contributed by atoms with E-state index < -0.39 is 0 Å². The zero-order valence-corrected chi connectivity index (χ0v) is 16.2. The van der Waals surface area contributed by atoms with E-state index in [-0.39, 0.29) is 7.92 Å². The maximum absolute atomic E-state index is 3.06. The van der Waals surface area contributed by atoms with Crippen LogP contribution in [0.3, 0.4) is 0 Å². The van der Waals surface area contributed by atoms with Gasteiger partial charge in [-0.25, -0.2) is 0 Å². The summed E-state index contributed by atoms with van der Waals surface area (Å²) in [5.41, 5.74) is 0. The van der Waals surface area contributed by atoms with Crippen molar-refractivity contribution in [3.05, 3.63) is 0 Å². The number of hydrogen-bond donors (Lipinski definition) is 0. The van der Waals surface area contributed by atoms with Crippen molar-refractivity contribution >= 4 is 36.1 Å².